The van der Waals surface area contributed by atoms with E-state index in [1.165, 1.54) is 13.8 Å². The molecular weight excluding hydrogens is 380 g/mol. The molecule has 0 heterocycles. The Labute approximate surface area is 172 Å². The van der Waals surface area contributed by atoms with Crippen molar-refractivity contribution >= 4 is 23.7 Å². The summed E-state index contributed by atoms with van der Waals surface area (Å²) in [7, 11) is 0. The minimum absolute atomic E-state index is 0.0491. The number of rotatable bonds is 12. The number of amides is 3. The zero-order chi connectivity index (χ0) is 22.9. The van der Waals surface area contributed by atoms with Gasteiger partial charge in [-0.3, -0.25) is 19.2 Å². The molecule has 0 radical (unpaired) electrons. The standard InChI is InChI=1S/C19H36N4O6/c1-9(2)7-13(16(25)21-11(5)19(28)29)22-17(26)14(8-10(3)4)23-18(27)15(20)12(6)24/h9-15,24H,7-8,20H2,1-6H3,(H,21,25)(H,22,26)(H,23,27)(H,28,29). The zero-order valence-electron chi connectivity index (χ0n) is 18.1. The monoisotopic (exact) mass is 416 g/mol. The molecule has 10 heteroatoms. The third-order valence-electron chi connectivity index (χ3n) is 4.23. The summed E-state index contributed by atoms with van der Waals surface area (Å²) in [6.45, 7) is 10.2. The molecule has 29 heavy (non-hydrogen) atoms. The fourth-order valence-electron chi connectivity index (χ4n) is 2.54. The number of nitrogens with two attached hydrogens (primary N) is 1. The highest BCUT2D eigenvalue weighted by Crippen LogP contribution is 2.09. The number of hydrogen-bond donors (Lipinski definition) is 6. The van der Waals surface area contributed by atoms with Gasteiger partial charge in [0.15, 0.2) is 0 Å². The van der Waals surface area contributed by atoms with Crippen LogP contribution >= 0.6 is 0 Å². The van der Waals surface area contributed by atoms with E-state index < -0.39 is 54.0 Å². The average molecular weight is 417 g/mol. The van der Waals surface area contributed by atoms with Gasteiger partial charge in [0, 0.05) is 0 Å². The van der Waals surface area contributed by atoms with Crippen LogP contribution in [0.3, 0.4) is 0 Å². The number of carbonyl (C=O) groups excluding carboxylic acids is 3. The van der Waals surface area contributed by atoms with Crippen LogP contribution in [0.2, 0.25) is 0 Å². The quantitative estimate of drug-likeness (QED) is 0.245. The van der Waals surface area contributed by atoms with E-state index in [1.807, 2.05) is 27.7 Å². The number of nitrogens with one attached hydrogen (secondary N) is 3. The smallest absolute Gasteiger partial charge is 0.325 e. The van der Waals surface area contributed by atoms with Gasteiger partial charge in [0.05, 0.1) is 6.10 Å². The van der Waals surface area contributed by atoms with Gasteiger partial charge >= 0.3 is 5.97 Å². The Hall–Kier alpha value is -2.20. The molecule has 5 atom stereocenters. The number of carboxylic acids is 1. The Balaban J connectivity index is 5.36. The lowest BCUT2D eigenvalue weighted by molar-refractivity contribution is -0.142. The minimum atomic E-state index is -1.19. The van der Waals surface area contributed by atoms with E-state index in [0.717, 1.165) is 0 Å². The maximum Gasteiger partial charge on any atom is 0.325 e. The molecule has 5 unspecified atom stereocenters. The molecule has 0 aliphatic heterocycles. The van der Waals surface area contributed by atoms with Crippen molar-refractivity contribution < 1.29 is 29.4 Å². The maximum atomic E-state index is 12.8. The first-order chi connectivity index (χ1) is 13.3. The lowest BCUT2D eigenvalue weighted by atomic mass is 9.99. The van der Waals surface area contributed by atoms with Crippen molar-refractivity contribution in [3.05, 3.63) is 0 Å². The molecule has 10 nitrogen and oxygen atoms in total. The molecule has 0 spiro atoms. The predicted octanol–water partition coefficient (Wildman–Crippen LogP) is -0.654. The Kier molecular flexibility index (Phi) is 11.4. The van der Waals surface area contributed by atoms with Crippen molar-refractivity contribution in [2.75, 3.05) is 0 Å². The van der Waals surface area contributed by atoms with Gasteiger partial charge in [-0.2, -0.15) is 0 Å². The van der Waals surface area contributed by atoms with Crippen LogP contribution in [0.1, 0.15) is 54.4 Å². The lowest BCUT2D eigenvalue weighted by Crippen LogP contribution is -2.58. The maximum absolute atomic E-state index is 12.8. The average Bonchev–Trinajstić information content (AvgIpc) is 2.58. The van der Waals surface area contributed by atoms with E-state index in [9.17, 15) is 24.3 Å². The van der Waals surface area contributed by atoms with Crippen LogP contribution in [0.5, 0.6) is 0 Å². The second kappa shape index (κ2) is 12.4. The Morgan fingerprint density at radius 2 is 1.14 bits per heavy atom. The van der Waals surface area contributed by atoms with Crippen LogP contribution in [-0.2, 0) is 19.2 Å². The van der Waals surface area contributed by atoms with Gasteiger partial charge in [-0.05, 0) is 38.5 Å². The summed E-state index contributed by atoms with van der Waals surface area (Å²) in [4.78, 5) is 48.4. The minimum Gasteiger partial charge on any atom is -0.480 e. The summed E-state index contributed by atoms with van der Waals surface area (Å²) in [6.07, 6.45) is -0.500. The highest BCUT2D eigenvalue weighted by molar-refractivity contribution is 5.94. The van der Waals surface area contributed by atoms with E-state index >= 15 is 0 Å². The molecule has 0 aromatic heterocycles. The molecule has 0 saturated heterocycles. The van der Waals surface area contributed by atoms with Gasteiger partial charge in [0.2, 0.25) is 17.7 Å². The molecule has 0 bridgehead atoms. The first-order valence-electron chi connectivity index (χ1n) is 9.83. The van der Waals surface area contributed by atoms with Crippen LogP contribution in [0.25, 0.3) is 0 Å². The van der Waals surface area contributed by atoms with Crippen molar-refractivity contribution in [3.8, 4) is 0 Å². The van der Waals surface area contributed by atoms with E-state index in [4.69, 9.17) is 10.8 Å². The second-order valence-electron chi connectivity index (χ2n) is 8.22. The Morgan fingerprint density at radius 1 is 0.759 bits per heavy atom. The second-order valence-corrected chi connectivity index (χ2v) is 8.22. The van der Waals surface area contributed by atoms with Crippen LogP contribution in [0, 0.1) is 11.8 Å². The number of aliphatic hydroxyl groups is 1. The fraction of sp³-hybridized carbons (Fsp3) is 0.789. The molecule has 0 fully saturated rings. The van der Waals surface area contributed by atoms with E-state index in [-0.39, 0.29) is 11.8 Å². The van der Waals surface area contributed by atoms with E-state index in [2.05, 4.69) is 16.0 Å². The molecule has 3 amide bonds. The van der Waals surface area contributed by atoms with E-state index in [0.29, 0.717) is 12.8 Å². The lowest BCUT2D eigenvalue weighted by Gasteiger charge is -2.26. The first-order valence-corrected chi connectivity index (χ1v) is 9.83. The fourth-order valence-corrected chi connectivity index (χ4v) is 2.54. The van der Waals surface area contributed by atoms with Gasteiger partial charge in [-0.15, -0.1) is 0 Å². The third kappa shape index (κ3) is 10.2. The third-order valence-corrected chi connectivity index (χ3v) is 4.23. The molecule has 0 aromatic rings. The SMILES string of the molecule is CC(C)CC(NC(=O)C(CC(C)C)NC(=O)C(N)C(C)O)C(=O)NC(C)C(=O)O. The number of aliphatic carboxylic acids is 1. The summed E-state index contributed by atoms with van der Waals surface area (Å²) in [5.41, 5.74) is 5.62. The van der Waals surface area contributed by atoms with Crippen LogP contribution in [0.4, 0.5) is 0 Å². The van der Waals surface area contributed by atoms with Crippen molar-refractivity contribution in [2.24, 2.45) is 17.6 Å². The molecule has 0 aromatic carbocycles. The van der Waals surface area contributed by atoms with Gasteiger partial charge < -0.3 is 31.9 Å². The summed E-state index contributed by atoms with van der Waals surface area (Å²) < 4.78 is 0. The van der Waals surface area contributed by atoms with Gasteiger partial charge in [0.1, 0.15) is 24.2 Å². The normalized spacial score (nSPS) is 16.5. The topological polar surface area (TPSA) is 171 Å². The first kappa shape index (κ1) is 26.8. The molecule has 168 valence electrons. The number of aliphatic hydroxyl groups excluding tert-OH is 1. The molecule has 7 N–H and O–H groups in total. The van der Waals surface area contributed by atoms with Gasteiger partial charge in [0.25, 0.3) is 0 Å². The van der Waals surface area contributed by atoms with Crippen molar-refractivity contribution in [1.82, 2.24) is 16.0 Å². The number of carboxylic acid groups (broad SMARTS) is 1. The van der Waals surface area contributed by atoms with Crippen LogP contribution < -0.4 is 21.7 Å². The molecular formula is C19H36N4O6. The summed E-state index contributed by atoms with van der Waals surface area (Å²) in [6, 6.07) is -4.21. The largest absolute Gasteiger partial charge is 0.480 e. The molecule has 0 saturated carbocycles. The summed E-state index contributed by atoms with van der Waals surface area (Å²) >= 11 is 0. The molecule has 0 aliphatic carbocycles. The van der Waals surface area contributed by atoms with Crippen LogP contribution in [-0.4, -0.2) is 64.2 Å². The van der Waals surface area contributed by atoms with Crippen LogP contribution in [0.15, 0.2) is 0 Å². The Morgan fingerprint density at radius 3 is 1.48 bits per heavy atom. The zero-order valence-corrected chi connectivity index (χ0v) is 18.1. The number of carbonyl (C=O) groups is 4. The highest BCUT2D eigenvalue weighted by atomic mass is 16.4. The van der Waals surface area contributed by atoms with Crippen molar-refractivity contribution in [3.63, 3.8) is 0 Å². The van der Waals surface area contributed by atoms with E-state index in [1.54, 1.807) is 0 Å². The molecule has 0 aliphatic rings. The summed E-state index contributed by atoms with van der Waals surface area (Å²) in [5, 5.41) is 25.9. The van der Waals surface area contributed by atoms with Crippen molar-refractivity contribution in [2.45, 2.75) is 84.7 Å². The molecule has 0 rings (SSSR count). The van der Waals surface area contributed by atoms with Gasteiger partial charge in [-0.1, -0.05) is 27.7 Å². The Bertz CT molecular complexity index is 579. The number of hydrogen-bond acceptors (Lipinski definition) is 6. The predicted molar refractivity (Wildman–Crippen MR) is 108 cm³/mol. The van der Waals surface area contributed by atoms with Gasteiger partial charge in [-0.25, -0.2) is 0 Å². The summed E-state index contributed by atoms with van der Waals surface area (Å²) in [5.74, 6) is -2.95. The van der Waals surface area contributed by atoms with Crippen molar-refractivity contribution in [1.29, 1.82) is 0 Å². The highest BCUT2D eigenvalue weighted by Gasteiger charge is 2.30.